The number of halogens is 1. The van der Waals surface area contributed by atoms with E-state index in [0.717, 1.165) is 31.2 Å². The maximum Gasteiger partial charge on any atom is 0.191 e. The minimum absolute atomic E-state index is 0.0731. The molecule has 1 saturated carbocycles. The molecule has 1 aromatic rings. The topological polar surface area (TPSA) is 58.1 Å². The van der Waals surface area contributed by atoms with E-state index in [1.54, 1.807) is 19.2 Å². The lowest BCUT2D eigenvalue weighted by Crippen LogP contribution is -2.39. The third-order valence-electron chi connectivity index (χ3n) is 4.75. The summed E-state index contributed by atoms with van der Waals surface area (Å²) in [5.41, 5.74) is 0.860. The third kappa shape index (κ3) is 8.02. The van der Waals surface area contributed by atoms with E-state index < -0.39 is 0 Å². The van der Waals surface area contributed by atoms with Gasteiger partial charge in [0, 0.05) is 26.7 Å². The fourth-order valence-electron chi connectivity index (χ4n) is 2.70. The van der Waals surface area contributed by atoms with Crippen molar-refractivity contribution in [3.05, 3.63) is 29.6 Å². The average molecular weight is 395 g/mol. The lowest BCUT2D eigenvalue weighted by atomic mass is 10.1. The molecule has 0 radical (unpaired) electrons. The Balaban J connectivity index is 1.88. The van der Waals surface area contributed by atoms with Gasteiger partial charge in [0.15, 0.2) is 17.5 Å². The summed E-state index contributed by atoms with van der Waals surface area (Å²) in [5.74, 6) is 1.35. The first-order valence-corrected chi connectivity index (χ1v) is 10.2. The van der Waals surface area contributed by atoms with Gasteiger partial charge in [0.2, 0.25) is 0 Å². The molecule has 1 aliphatic rings. The number of hydrogen-bond acceptors (Lipinski definition) is 4. The second kappa shape index (κ2) is 11.9. The highest BCUT2D eigenvalue weighted by Gasteiger charge is 2.22. The van der Waals surface area contributed by atoms with Crippen LogP contribution in [0.5, 0.6) is 5.75 Å². The SMILES string of the molecule is CCNC(=NCCN(C)CCOC)NC(C)c1ccc(OCC2CC2)c(F)c1. The van der Waals surface area contributed by atoms with Crippen molar-refractivity contribution < 1.29 is 13.9 Å². The minimum atomic E-state index is -0.312. The molecule has 2 rings (SSSR count). The number of aliphatic imine (C=N–C) groups is 1. The molecule has 7 heteroatoms. The summed E-state index contributed by atoms with van der Waals surface area (Å²) in [4.78, 5) is 6.79. The number of ether oxygens (including phenoxy) is 2. The van der Waals surface area contributed by atoms with Crippen LogP contribution < -0.4 is 15.4 Å². The predicted octanol–water partition coefficient (Wildman–Crippen LogP) is 2.81. The van der Waals surface area contributed by atoms with Crippen molar-refractivity contribution in [2.75, 3.05) is 53.6 Å². The molecular formula is C21H35FN4O2. The molecule has 1 atom stereocenters. The molecule has 6 nitrogen and oxygen atoms in total. The Kier molecular flexibility index (Phi) is 9.50. The van der Waals surface area contributed by atoms with Crippen LogP contribution in [0.25, 0.3) is 0 Å². The molecule has 1 fully saturated rings. The van der Waals surface area contributed by atoms with Crippen LogP contribution in [0.1, 0.15) is 38.3 Å². The maximum absolute atomic E-state index is 14.3. The predicted molar refractivity (Wildman–Crippen MR) is 112 cm³/mol. The monoisotopic (exact) mass is 394 g/mol. The summed E-state index contributed by atoms with van der Waals surface area (Å²) < 4.78 is 25.0. The van der Waals surface area contributed by atoms with Gasteiger partial charge >= 0.3 is 0 Å². The highest BCUT2D eigenvalue weighted by molar-refractivity contribution is 5.80. The van der Waals surface area contributed by atoms with Crippen LogP contribution in [0.4, 0.5) is 4.39 Å². The quantitative estimate of drug-likeness (QED) is 0.422. The Bertz CT molecular complexity index is 622. The molecule has 0 saturated heterocycles. The first kappa shape index (κ1) is 22.4. The zero-order valence-corrected chi connectivity index (χ0v) is 17.6. The normalized spacial score (nSPS) is 15.6. The zero-order chi connectivity index (χ0) is 20.4. The number of nitrogens with one attached hydrogen (secondary N) is 2. The smallest absolute Gasteiger partial charge is 0.191 e. The third-order valence-corrected chi connectivity index (χ3v) is 4.75. The van der Waals surface area contributed by atoms with Crippen molar-refractivity contribution in [3.8, 4) is 5.75 Å². The Labute approximate surface area is 168 Å². The Morgan fingerprint density at radius 2 is 2.14 bits per heavy atom. The van der Waals surface area contributed by atoms with Gasteiger partial charge in [-0.25, -0.2) is 4.39 Å². The van der Waals surface area contributed by atoms with Crippen molar-refractivity contribution >= 4 is 5.96 Å². The molecule has 158 valence electrons. The van der Waals surface area contributed by atoms with Crippen LogP contribution in [-0.4, -0.2) is 64.4 Å². The Morgan fingerprint density at radius 1 is 1.36 bits per heavy atom. The average Bonchev–Trinajstić information content (AvgIpc) is 3.49. The van der Waals surface area contributed by atoms with E-state index in [0.29, 0.717) is 31.4 Å². The fraction of sp³-hybridized carbons (Fsp3) is 0.667. The van der Waals surface area contributed by atoms with E-state index in [2.05, 4.69) is 20.5 Å². The van der Waals surface area contributed by atoms with E-state index in [1.807, 2.05) is 27.0 Å². The van der Waals surface area contributed by atoms with Crippen LogP contribution in [0.15, 0.2) is 23.2 Å². The van der Waals surface area contributed by atoms with Crippen molar-refractivity contribution in [2.24, 2.45) is 10.9 Å². The summed E-state index contributed by atoms with van der Waals surface area (Å²) >= 11 is 0. The summed E-state index contributed by atoms with van der Waals surface area (Å²) in [6, 6.07) is 5.10. The standard InChI is InChI=1S/C21H35FN4O2/c1-5-23-21(24-10-11-26(3)12-13-27-4)25-16(2)18-8-9-20(19(22)14-18)28-15-17-6-7-17/h8-9,14,16-17H,5-7,10-13,15H2,1-4H3,(H2,23,24,25). The summed E-state index contributed by atoms with van der Waals surface area (Å²) in [7, 11) is 3.75. The molecule has 0 amide bonds. The minimum Gasteiger partial charge on any atom is -0.490 e. The van der Waals surface area contributed by atoms with Crippen molar-refractivity contribution in [1.29, 1.82) is 0 Å². The molecule has 0 heterocycles. The highest BCUT2D eigenvalue weighted by atomic mass is 19.1. The van der Waals surface area contributed by atoms with E-state index in [-0.39, 0.29) is 11.9 Å². The summed E-state index contributed by atoms with van der Waals surface area (Å²) in [6.07, 6.45) is 2.38. The number of nitrogens with zero attached hydrogens (tertiary/aromatic N) is 2. The second-order valence-corrected chi connectivity index (χ2v) is 7.37. The van der Waals surface area contributed by atoms with Gasteiger partial charge in [-0.3, -0.25) is 4.99 Å². The van der Waals surface area contributed by atoms with Gasteiger partial charge in [0.25, 0.3) is 0 Å². The number of rotatable bonds is 12. The molecule has 1 aliphatic carbocycles. The van der Waals surface area contributed by atoms with Crippen molar-refractivity contribution in [2.45, 2.75) is 32.7 Å². The molecule has 0 aliphatic heterocycles. The number of hydrogen-bond donors (Lipinski definition) is 2. The summed E-state index contributed by atoms with van der Waals surface area (Å²) in [6.45, 7) is 8.50. The molecule has 0 spiro atoms. The molecule has 0 aromatic heterocycles. The lowest BCUT2D eigenvalue weighted by molar-refractivity contribution is 0.163. The molecule has 2 N–H and O–H groups in total. The van der Waals surface area contributed by atoms with E-state index in [9.17, 15) is 4.39 Å². The van der Waals surface area contributed by atoms with Crippen LogP contribution in [0.3, 0.4) is 0 Å². The second-order valence-electron chi connectivity index (χ2n) is 7.37. The van der Waals surface area contributed by atoms with Crippen LogP contribution in [0, 0.1) is 11.7 Å². The van der Waals surface area contributed by atoms with E-state index in [1.165, 1.54) is 12.8 Å². The first-order valence-electron chi connectivity index (χ1n) is 10.2. The molecule has 28 heavy (non-hydrogen) atoms. The Hall–Kier alpha value is -1.86. The number of benzene rings is 1. The van der Waals surface area contributed by atoms with Gasteiger partial charge in [0.1, 0.15) is 0 Å². The van der Waals surface area contributed by atoms with Gasteiger partial charge in [-0.2, -0.15) is 0 Å². The number of guanidine groups is 1. The molecular weight excluding hydrogens is 359 g/mol. The van der Waals surface area contributed by atoms with E-state index >= 15 is 0 Å². The zero-order valence-electron chi connectivity index (χ0n) is 17.6. The van der Waals surface area contributed by atoms with E-state index in [4.69, 9.17) is 9.47 Å². The van der Waals surface area contributed by atoms with Gasteiger partial charge in [-0.05, 0) is 57.4 Å². The Morgan fingerprint density at radius 3 is 2.79 bits per heavy atom. The molecule has 1 unspecified atom stereocenters. The van der Waals surface area contributed by atoms with Gasteiger partial charge in [0.05, 0.1) is 25.8 Å². The van der Waals surface area contributed by atoms with Crippen LogP contribution in [0.2, 0.25) is 0 Å². The summed E-state index contributed by atoms with van der Waals surface area (Å²) in [5, 5.41) is 6.59. The van der Waals surface area contributed by atoms with Gasteiger partial charge in [-0.15, -0.1) is 0 Å². The van der Waals surface area contributed by atoms with Crippen LogP contribution >= 0.6 is 0 Å². The van der Waals surface area contributed by atoms with Crippen LogP contribution in [-0.2, 0) is 4.74 Å². The van der Waals surface area contributed by atoms with Gasteiger partial charge in [-0.1, -0.05) is 6.07 Å². The fourth-order valence-corrected chi connectivity index (χ4v) is 2.70. The first-order chi connectivity index (χ1) is 13.5. The number of likely N-dealkylation sites (N-methyl/N-ethyl adjacent to an activating group) is 1. The maximum atomic E-state index is 14.3. The van der Waals surface area contributed by atoms with Crippen molar-refractivity contribution in [3.63, 3.8) is 0 Å². The number of methoxy groups -OCH3 is 1. The molecule has 1 aromatic carbocycles. The molecule has 0 bridgehead atoms. The van der Waals surface area contributed by atoms with Crippen molar-refractivity contribution in [1.82, 2.24) is 15.5 Å². The van der Waals surface area contributed by atoms with Gasteiger partial charge < -0.3 is 25.0 Å². The highest BCUT2D eigenvalue weighted by Crippen LogP contribution is 2.30. The largest absolute Gasteiger partial charge is 0.490 e. The lowest BCUT2D eigenvalue weighted by Gasteiger charge is -2.20.